The van der Waals surface area contributed by atoms with Crippen molar-refractivity contribution < 1.29 is 17.6 Å². The maximum atomic E-state index is 12.0. The largest absolute Gasteiger partial charge is 0.488 e. The van der Waals surface area contributed by atoms with Crippen LogP contribution in [0.4, 0.5) is 0 Å². The third kappa shape index (κ3) is 4.78. The van der Waals surface area contributed by atoms with Crippen molar-refractivity contribution >= 4 is 9.84 Å². The molecule has 0 amide bonds. The van der Waals surface area contributed by atoms with Crippen LogP contribution in [0.25, 0.3) is 11.3 Å². The van der Waals surface area contributed by atoms with Gasteiger partial charge in [-0.25, -0.2) is 13.4 Å². The van der Waals surface area contributed by atoms with Gasteiger partial charge in [0.15, 0.2) is 15.7 Å². The average Bonchev–Trinajstić information content (AvgIpc) is 3.21. The molecule has 0 fully saturated rings. The van der Waals surface area contributed by atoms with E-state index >= 15 is 0 Å². The van der Waals surface area contributed by atoms with Crippen LogP contribution in [-0.2, 0) is 22.9 Å². The maximum absolute atomic E-state index is 12.0. The van der Waals surface area contributed by atoms with E-state index in [1.165, 1.54) is 6.26 Å². The van der Waals surface area contributed by atoms with E-state index in [1.807, 2.05) is 60.7 Å². The third-order valence-corrected chi connectivity index (χ3v) is 5.75. The number of benzene rings is 3. The molecule has 1 aromatic heterocycles. The smallest absolute Gasteiger partial charge is 0.198 e. The molecular formula is C24H21NO4S. The first-order chi connectivity index (χ1) is 14.5. The molecule has 4 aromatic rings. The van der Waals surface area contributed by atoms with Crippen molar-refractivity contribution in [2.45, 2.75) is 17.9 Å². The zero-order valence-corrected chi connectivity index (χ0v) is 17.3. The fourth-order valence-electron chi connectivity index (χ4n) is 3.09. The summed E-state index contributed by atoms with van der Waals surface area (Å²) >= 11 is 0. The van der Waals surface area contributed by atoms with Gasteiger partial charge in [0, 0.05) is 18.2 Å². The Bertz CT molecular complexity index is 1230. The van der Waals surface area contributed by atoms with Crippen molar-refractivity contribution in [3.63, 3.8) is 0 Å². The molecule has 3 aromatic carbocycles. The number of sulfone groups is 1. The summed E-state index contributed by atoms with van der Waals surface area (Å²) in [6.45, 7) is 0.315. The first kappa shape index (κ1) is 19.9. The summed E-state index contributed by atoms with van der Waals surface area (Å²) in [5.41, 5.74) is 3.36. The van der Waals surface area contributed by atoms with Crippen molar-refractivity contribution in [3.05, 3.63) is 102 Å². The first-order valence-corrected chi connectivity index (χ1v) is 11.4. The van der Waals surface area contributed by atoms with E-state index in [4.69, 9.17) is 9.15 Å². The van der Waals surface area contributed by atoms with Crippen molar-refractivity contribution in [1.82, 2.24) is 4.98 Å². The number of nitrogens with zero attached hydrogens (tertiary/aromatic N) is 1. The van der Waals surface area contributed by atoms with Gasteiger partial charge >= 0.3 is 0 Å². The summed E-state index contributed by atoms with van der Waals surface area (Å²) in [5.74, 6) is 1.03. The Balaban J connectivity index is 1.65. The number of oxazole rings is 1. The van der Waals surface area contributed by atoms with Gasteiger partial charge in [-0.2, -0.15) is 0 Å². The van der Waals surface area contributed by atoms with Crippen LogP contribution in [0.15, 0.2) is 94.4 Å². The van der Waals surface area contributed by atoms with E-state index in [9.17, 15) is 8.42 Å². The second kappa shape index (κ2) is 8.55. The molecule has 0 saturated carbocycles. The van der Waals surface area contributed by atoms with Gasteiger partial charge in [0.25, 0.3) is 0 Å². The van der Waals surface area contributed by atoms with E-state index in [0.717, 1.165) is 11.1 Å². The molecule has 0 radical (unpaired) electrons. The molecular weight excluding hydrogens is 398 g/mol. The molecule has 5 nitrogen and oxygen atoms in total. The Hall–Kier alpha value is -3.38. The topological polar surface area (TPSA) is 69.4 Å². The highest BCUT2D eigenvalue weighted by Crippen LogP contribution is 2.33. The highest BCUT2D eigenvalue weighted by Gasteiger charge is 2.16. The molecule has 6 heteroatoms. The molecule has 0 aliphatic heterocycles. The molecule has 0 saturated heterocycles. The normalized spacial score (nSPS) is 11.4. The quantitative estimate of drug-likeness (QED) is 0.425. The number of hydrogen-bond donors (Lipinski definition) is 0. The van der Waals surface area contributed by atoms with E-state index in [1.54, 1.807) is 24.5 Å². The summed E-state index contributed by atoms with van der Waals surface area (Å²) in [4.78, 5) is 4.78. The molecule has 0 spiro atoms. The number of rotatable bonds is 7. The maximum Gasteiger partial charge on any atom is 0.198 e. The molecule has 0 N–H and O–H groups in total. The van der Waals surface area contributed by atoms with Gasteiger partial charge in [-0.3, -0.25) is 0 Å². The van der Waals surface area contributed by atoms with E-state index in [-0.39, 0.29) is 4.90 Å². The summed E-state index contributed by atoms with van der Waals surface area (Å²) in [5, 5.41) is 0. The Morgan fingerprint density at radius 2 is 1.57 bits per heavy atom. The van der Waals surface area contributed by atoms with Crippen molar-refractivity contribution in [2.75, 3.05) is 6.26 Å². The Morgan fingerprint density at radius 1 is 0.900 bits per heavy atom. The second-order valence-corrected chi connectivity index (χ2v) is 9.01. The van der Waals surface area contributed by atoms with Crippen LogP contribution in [0, 0.1) is 0 Å². The van der Waals surface area contributed by atoms with Crippen LogP contribution in [0.2, 0.25) is 0 Å². The lowest BCUT2D eigenvalue weighted by atomic mass is 10.1. The van der Waals surface area contributed by atoms with E-state index in [0.29, 0.717) is 35.9 Å². The highest BCUT2D eigenvalue weighted by atomic mass is 32.2. The standard InChI is InChI=1S/C24H21NO4S/c1-30(26,27)20-12-13-21(23(15-20)28-16-19-10-6-3-7-11-19)22-17-29-24(25-22)14-18-8-4-2-5-9-18/h2-13,15,17H,14,16H2,1H3. The molecule has 4 rings (SSSR count). The third-order valence-electron chi connectivity index (χ3n) is 4.64. The van der Waals surface area contributed by atoms with E-state index < -0.39 is 9.84 Å². The van der Waals surface area contributed by atoms with E-state index in [2.05, 4.69) is 4.98 Å². The minimum Gasteiger partial charge on any atom is -0.488 e. The second-order valence-electron chi connectivity index (χ2n) is 6.99. The van der Waals surface area contributed by atoms with Crippen LogP contribution >= 0.6 is 0 Å². The molecule has 0 aliphatic carbocycles. The zero-order chi connectivity index (χ0) is 21.0. The first-order valence-electron chi connectivity index (χ1n) is 9.48. The van der Waals surface area contributed by atoms with Gasteiger partial charge in [-0.15, -0.1) is 0 Å². The van der Waals surface area contributed by atoms with Gasteiger partial charge < -0.3 is 9.15 Å². The molecule has 30 heavy (non-hydrogen) atoms. The summed E-state index contributed by atoms with van der Waals surface area (Å²) in [6.07, 6.45) is 3.32. The number of ether oxygens (including phenoxy) is 1. The van der Waals surface area contributed by atoms with Crippen molar-refractivity contribution in [1.29, 1.82) is 0 Å². The summed E-state index contributed by atoms with van der Waals surface area (Å²) < 4.78 is 35.7. The molecule has 0 aliphatic rings. The monoisotopic (exact) mass is 419 g/mol. The summed E-state index contributed by atoms with van der Waals surface area (Å²) in [7, 11) is -3.37. The molecule has 152 valence electrons. The van der Waals surface area contributed by atoms with Gasteiger partial charge in [-0.05, 0) is 29.3 Å². The number of hydrogen-bond acceptors (Lipinski definition) is 5. The van der Waals surface area contributed by atoms with Crippen molar-refractivity contribution in [3.8, 4) is 17.0 Å². The molecule has 1 heterocycles. The van der Waals surface area contributed by atoms with Crippen LogP contribution in [0.3, 0.4) is 0 Å². The zero-order valence-electron chi connectivity index (χ0n) is 16.5. The van der Waals surface area contributed by atoms with Gasteiger partial charge in [0.2, 0.25) is 0 Å². The lowest BCUT2D eigenvalue weighted by molar-refractivity contribution is 0.306. The van der Waals surface area contributed by atoms with Crippen LogP contribution in [0.5, 0.6) is 5.75 Å². The Labute approximate surface area is 175 Å². The fourth-order valence-corrected chi connectivity index (χ4v) is 3.72. The molecule has 0 bridgehead atoms. The minimum absolute atomic E-state index is 0.197. The minimum atomic E-state index is -3.37. The van der Waals surface area contributed by atoms with Crippen LogP contribution < -0.4 is 4.74 Å². The fraction of sp³-hybridized carbons (Fsp3) is 0.125. The van der Waals surface area contributed by atoms with Gasteiger partial charge in [-0.1, -0.05) is 60.7 Å². The molecule has 0 unspecified atom stereocenters. The molecule has 0 atom stereocenters. The summed E-state index contributed by atoms with van der Waals surface area (Å²) in [6, 6.07) is 24.4. The lowest BCUT2D eigenvalue weighted by Gasteiger charge is -2.12. The Morgan fingerprint density at radius 3 is 2.23 bits per heavy atom. The number of aromatic nitrogens is 1. The van der Waals surface area contributed by atoms with Crippen LogP contribution in [0.1, 0.15) is 17.0 Å². The van der Waals surface area contributed by atoms with Gasteiger partial charge in [0.1, 0.15) is 24.3 Å². The van der Waals surface area contributed by atoms with Crippen molar-refractivity contribution in [2.24, 2.45) is 0 Å². The predicted octanol–water partition coefficient (Wildman–Crippen LogP) is 4.91. The highest BCUT2D eigenvalue weighted by molar-refractivity contribution is 7.90. The van der Waals surface area contributed by atoms with Crippen LogP contribution in [-0.4, -0.2) is 19.7 Å². The predicted molar refractivity (Wildman–Crippen MR) is 115 cm³/mol. The average molecular weight is 420 g/mol. The Kier molecular flexibility index (Phi) is 5.68. The van der Waals surface area contributed by atoms with Gasteiger partial charge in [0.05, 0.1) is 4.90 Å². The lowest BCUT2D eigenvalue weighted by Crippen LogP contribution is -2.01. The SMILES string of the molecule is CS(=O)(=O)c1ccc(-c2coc(Cc3ccccc3)n2)c(OCc2ccccc2)c1.